The van der Waals surface area contributed by atoms with E-state index in [0.29, 0.717) is 6.10 Å². The van der Waals surface area contributed by atoms with Gasteiger partial charge in [0.15, 0.2) is 0 Å². The molecule has 1 saturated heterocycles. The maximum atomic E-state index is 5.93. The number of rotatable bonds is 4. The van der Waals surface area contributed by atoms with E-state index in [0.717, 1.165) is 30.8 Å². The molecule has 3 heteroatoms. The minimum atomic E-state index is 0.0424. The van der Waals surface area contributed by atoms with Crippen molar-refractivity contribution < 1.29 is 9.47 Å². The minimum absolute atomic E-state index is 0.0424. The molecule has 2 rings (SSSR count). The second-order valence-corrected chi connectivity index (χ2v) is 5.15. The molecule has 1 aliphatic heterocycles. The monoisotopic (exact) mass is 235 g/mol. The summed E-state index contributed by atoms with van der Waals surface area (Å²) < 4.78 is 11.1. The maximum Gasteiger partial charge on any atom is 0.120 e. The molecule has 1 atom stereocenters. The molecule has 1 aromatic rings. The largest absolute Gasteiger partial charge is 0.497 e. The molecule has 1 unspecified atom stereocenters. The molecule has 1 N–H and O–H groups in total. The molecule has 0 saturated carbocycles. The fourth-order valence-electron chi connectivity index (χ4n) is 2.19. The van der Waals surface area contributed by atoms with Gasteiger partial charge >= 0.3 is 0 Å². The lowest BCUT2D eigenvalue weighted by atomic mass is 10.1. The Labute approximate surface area is 103 Å². The summed E-state index contributed by atoms with van der Waals surface area (Å²) in [5.41, 5.74) is 1.12. The Kier molecular flexibility index (Phi) is 3.57. The number of benzene rings is 1. The molecule has 0 aromatic heterocycles. The van der Waals surface area contributed by atoms with Crippen molar-refractivity contribution in [1.82, 2.24) is 0 Å². The fraction of sp³-hybridized carbons (Fsp3) is 0.571. The van der Waals surface area contributed by atoms with Crippen molar-refractivity contribution in [3.63, 3.8) is 0 Å². The number of methoxy groups -OCH3 is 1. The van der Waals surface area contributed by atoms with Crippen LogP contribution in [-0.4, -0.2) is 25.4 Å². The summed E-state index contributed by atoms with van der Waals surface area (Å²) >= 11 is 0. The first kappa shape index (κ1) is 12.2. The standard InChI is InChI=1S/C14H21NO2/c1-14(2)8-7-13(17-14)10-15-11-5-4-6-12(9-11)16-3/h4-6,9,13,15H,7-8,10H2,1-3H3. The van der Waals surface area contributed by atoms with Gasteiger partial charge in [-0.2, -0.15) is 0 Å². The molecule has 1 fully saturated rings. The molecule has 0 radical (unpaired) electrons. The molecule has 0 spiro atoms. The van der Waals surface area contributed by atoms with E-state index >= 15 is 0 Å². The Morgan fingerprint density at radius 3 is 2.94 bits per heavy atom. The van der Waals surface area contributed by atoms with Crippen LogP contribution in [0.1, 0.15) is 26.7 Å². The van der Waals surface area contributed by atoms with Crippen LogP contribution in [0.4, 0.5) is 5.69 Å². The van der Waals surface area contributed by atoms with Crippen LogP contribution in [0, 0.1) is 0 Å². The van der Waals surface area contributed by atoms with Crippen LogP contribution in [-0.2, 0) is 4.74 Å². The molecule has 0 amide bonds. The topological polar surface area (TPSA) is 30.5 Å². The molecule has 0 aliphatic carbocycles. The van der Waals surface area contributed by atoms with Crippen LogP contribution in [0.25, 0.3) is 0 Å². The van der Waals surface area contributed by atoms with Crippen LogP contribution < -0.4 is 10.1 Å². The Morgan fingerprint density at radius 1 is 1.47 bits per heavy atom. The van der Waals surface area contributed by atoms with Crippen LogP contribution in [0.15, 0.2) is 24.3 Å². The summed E-state index contributed by atoms with van der Waals surface area (Å²) in [6.45, 7) is 5.16. The van der Waals surface area contributed by atoms with Gasteiger partial charge in [-0.3, -0.25) is 0 Å². The Balaban J connectivity index is 1.86. The summed E-state index contributed by atoms with van der Waals surface area (Å²) in [7, 11) is 1.68. The van der Waals surface area contributed by atoms with Crippen LogP contribution in [0.3, 0.4) is 0 Å². The van der Waals surface area contributed by atoms with Crippen LogP contribution >= 0.6 is 0 Å². The van der Waals surface area contributed by atoms with Crippen molar-refractivity contribution in [1.29, 1.82) is 0 Å². The highest BCUT2D eigenvalue weighted by atomic mass is 16.5. The molecular formula is C14H21NO2. The molecule has 0 bridgehead atoms. The van der Waals surface area contributed by atoms with Gasteiger partial charge in [0, 0.05) is 18.3 Å². The van der Waals surface area contributed by atoms with E-state index in [1.807, 2.05) is 24.3 Å². The van der Waals surface area contributed by atoms with Gasteiger partial charge in [0.25, 0.3) is 0 Å². The number of hydrogen-bond acceptors (Lipinski definition) is 3. The third-order valence-corrected chi connectivity index (χ3v) is 3.16. The highest BCUT2D eigenvalue weighted by Gasteiger charge is 2.31. The van der Waals surface area contributed by atoms with Crippen molar-refractivity contribution in [2.24, 2.45) is 0 Å². The van der Waals surface area contributed by atoms with E-state index in [-0.39, 0.29) is 5.60 Å². The summed E-state index contributed by atoms with van der Waals surface area (Å²) in [5.74, 6) is 0.877. The summed E-state index contributed by atoms with van der Waals surface area (Å²) in [6, 6.07) is 7.98. The Hall–Kier alpha value is -1.22. The SMILES string of the molecule is COc1cccc(NCC2CCC(C)(C)O2)c1. The first-order valence-corrected chi connectivity index (χ1v) is 6.15. The molecular weight excluding hydrogens is 214 g/mol. The van der Waals surface area contributed by atoms with Gasteiger partial charge in [-0.05, 0) is 38.8 Å². The van der Waals surface area contributed by atoms with Gasteiger partial charge in [0.05, 0.1) is 18.8 Å². The van der Waals surface area contributed by atoms with E-state index in [9.17, 15) is 0 Å². The van der Waals surface area contributed by atoms with Crippen molar-refractivity contribution in [3.8, 4) is 5.75 Å². The molecule has 94 valence electrons. The average Bonchev–Trinajstić information content (AvgIpc) is 2.67. The number of nitrogens with one attached hydrogen (secondary N) is 1. The predicted octanol–water partition coefficient (Wildman–Crippen LogP) is 3.06. The number of anilines is 1. The second kappa shape index (κ2) is 4.96. The molecule has 3 nitrogen and oxygen atoms in total. The van der Waals surface area contributed by atoms with Crippen molar-refractivity contribution in [2.75, 3.05) is 19.0 Å². The van der Waals surface area contributed by atoms with Crippen molar-refractivity contribution in [3.05, 3.63) is 24.3 Å². The van der Waals surface area contributed by atoms with Crippen molar-refractivity contribution in [2.45, 2.75) is 38.4 Å². The third kappa shape index (κ3) is 3.37. The van der Waals surface area contributed by atoms with E-state index in [1.165, 1.54) is 0 Å². The quantitative estimate of drug-likeness (QED) is 0.870. The van der Waals surface area contributed by atoms with Gasteiger partial charge in [0.2, 0.25) is 0 Å². The zero-order valence-corrected chi connectivity index (χ0v) is 10.8. The number of ether oxygens (including phenoxy) is 2. The van der Waals surface area contributed by atoms with Crippen LogP contribution in [0.5, 0.6) is 5.75 Å². The zero-order valence-electron chi connectivity index (χ0n) is 10.8. The molecule has 1 heterocycles. The third-order valence-electron chi connectivity index (χ3n) is 3.16. The van der Waals surface area contributed by atoms with Gasteiger partial charge in [-0.15, -0.1) is 0 Å². The maximum absolute atomic E-state index is 5.93. The smallest absolute Gasteiger partial charge is 0.120 e. The Morgan fingerprint density at radius 2 is 2.29 bits per heavy atom. The predicted molar refractivity (Wildman–Crippen MR) is 69.7 cm³/mol. The van der Waals surface area contributed by atoms with Gasteiger partial charge in [0.1, 0.15) is 5.75 Å². The molecule has 1 aromatic carbocycles. The summed E-state index contributed by atoms with van der Waals surface area (Å²) in [4.78, 5) is 0. The number of hydrogen-bond donors (Lipinski definition) is 1. The van der Waals surface area contributed by atoms with Gasteiger partial charge in [-0.25, -0.2) is 0 Å². The van der Waals surface area contributed by atoms with Gasteiger partial charge in [-0.1, -0.05) is 6.07 Å². The van der Waals surface area contributed by atoms with Gasteiger partial charge < -0.3 is 14.8 Å². The minimum Gasteiger partial charge on any atom is -0.497 e. The van der Waals surface area contributed by atoms with E-state index < -0.39 is 0 Å². The zero-order chi connectivity index (χ0) is 12.3. The fourth-order valence-corrected chi connectivity index (χ4v) is 2.19. The lowest BCUT2D eigenvalue weighted by Crippen LogP contribution is -2.24. The van der Waals surface area contributed by atoms with Crippen molar-refractivity contribution >= 4 is 5.69 Å². The summed E-state index contributed by atoms with van der Waals surface area (Å²) in [5, 5.41) is 3.39. The lowest BCUT2D eigenvalue weighted by molar-refractivity contribution is -0.00911. The summed E-state index contributed by atoms with van der Waals surface area (Å²) in [6.07, 6.45) is 2.58. The first-order valence-electron chi connectivity index (χ1n) is 6.15. The lowest BCUT2D eigenvalue weighted by Gasteiger charge is -2.19. The van der Waals surface area contributed by atoms with E-state index in [4.69, 9.17) is 9.47 Å². The average molecular weight is 235 g/mol. The highest BCUT2D eigenvalue weighted by molar-refractivity contribution is 5.48. The molecule has 17 heavy (non-hydrogen) atoms. The van der Waals surface area contributed by atoms with E-state index in [2.05, 4.69) is 19.2 Å². The molecule has 1 aliphatic rings. The first-order chi connectivity index (χ1) is 8.09. The second-order valence-electron chi connectivity index (χ2n) is 5.15. The normalized spacial score (nSPS) is 22.4. The Bertz CT molecular complexity index is 376. The highest BCUT2D eigenvalue weighted by Crippen LogP contribution is 2.29. The van der Waals surface area contributed by atoms with E-state index in [1.54, 1.807) is 7.11 Å². The van der Waals surface area contributed by atoms with Crippen LogP contribution in [0.2, 0.25) is 0 Å².